The number of benzene rings is 1. The van der Waals surface area contributed by atoms with Gasteiger partial charge in [0.25, 0.3) is 5.91 Å². The van der Waals surface area contributed by atoms with Gasteiger partial charge in [-0.3, -0.25) is 4.79 Å². The molecular weight excluding hydrogens is 286 g/mol. The van der Waals surface area contributed by atoms with E-state index in [0.717, 1.165) is 21.9 Å². The fourth-order valence-corrected chi connectivity index (χ4v) is 3.09. The fraction of sp³-hybridized carbons (Fsp3) is 0.312. The zero-order chi connectivity index (χ0) is 14.8. The monoisotopic (exact) mass is 303 g/mol. The molecule has 0 radical (unpaired) electrons. The molecule has 5 heteroatoms. The van der Waals surface area contributed by atoms with Crippen LogP contribution in [0.3, 0.4) is 0 Å². The molecular formula is C16H17NO3S. The van der Waals surface area contributed by atoms with Gasteiger partial charge in [0.05, 0.1) is 11.4 Å². The number of carbonyl (C=O) groups is 1. The van der Waals surface area contributed by atoms with Crippen LogP contribution in [0.5, 0.6) is 11.5 Å². The Kier molecular flexibility index (Phi) is 3.84. The van der Waals surface area contributed by atoms with Gasteiger partial charge in [0.1, 0.15) is 12.7 Å². The van der Waals surface area contributed by atoms with Crippen LogP contribution in [-0.4, -0.2) is 25.2 Å². The van der Waals surface area contributed by atoms with E-state index < -0.39 is 0 Å². The first kappa shape index (κ1) is 13.9. The molecule has 1 amide bonds. The van der Waals surface area contributed by atoms with Gasteiger partial charge in [-0.05, 0) is 37.6 Å². The Morgan fingerprint density at radius 2 is 2.10 bits per heavy atom. The summed E-state index contributed by atoms with van der Waals surface area (Å²) >= 11 is 1.51. The van der Waals surface area contributed by atoms with Gasteiger partial charge >= 0.3 is 0 Å². The number of ether oxygens (including phenoxy) is 2. The van der Waals surface area contributed by atoms with Crippen LogP contribution in [0.1, 0.15) is 20.1 Å². The van der Waals surface area contributed by atoms with E-state index in [9.17, 15) is 4.79 Å². The van der Waals surface area contributed by atoms with E-state index in [0.29, 0.717) is 13.2 Å². The average molecular weight is 303 g/mol. The van der Waals surface area contributed by atoms with Crippen LogP contribution < -0.4 is 14.8 Å². The number of carbonyl (C=O) groups excluding carboxylic acids is 1. The maximum atomic E-state index is 12.1. The zero-order valence-corrected chi connectivity index (χ0v) is 12.8. The van der Waals surface area contributed by atoms with Gasteiger partial charge in [0, 0.05) is 4.88 Å². The third-order valence-corrected chi connectivity index (χ3v) is 4.60. The van der Waals surface area contributed by atoms with E-state index in [2.05, 4.69) is 5.32 Å². The normalized spacial score (nSPS) is 16.6. The van der Waals surface area contributed by atoms with Crippen molar-refractivity contribution in [3.05, 3.63) is 45.6 Å². The van der Waals surface area contributed by atoms with E-state index in [-0.39, 0.29) is 12.0 Å². The van der Waals surface area contributed by atoms with E-state index in [1.165, 1.54) is 16.2 Å². The van der Waals surface area contributed by atoms with Gasteiger partial charge in [0.2, 0.25) is 0 Å². The number of nitrogens with one attached hydrogen (secondary N) is 1. The lowest BCUT2D eigenvalue weighted by Crippen LogP contribution is -2.40. The second-order valence-electron chi connectivity index (χ2n) is 5.06. The molecule has 0 fully saturated rings. The molecule has 4 nitrogen and oxygen atoms in total. The summed E-state index contributed by atoms with van der Waals surface area (Å²) in [5.74, 6) is 1.43. The fourth-order valence-electron chi connectivity index (χ4n) is 2.14. The summed E-state index contributed by atoms with van der Waals surface area (Å²) in [7, 11) is 0. The van der Waals surface area contributed by atoms with Crippen molar-refractivity contribution < 1.29 is 14.3 Å². The number of fused-ring (bicyclic) bond motifs is 1. The molecule has 0 aliphatic carbocycles. The van der Waals surface area contributed by atoms with Crippen molar-refractivity contribution >= 4 is 17.2 Å². The van der Waals surface area contributed by atoms with E-state index >= 15 is 0 Å². The highest BCUT2D eigenvalue weighted by Crippen LogP contribution is 2.30. The summed E-state index contributed by atoms with van der Waals surface area (Å²) in [5, 5.41) is 2.91. The highest BCUT2D eigenvalue weighted by atomic mass is 32.1. The van der Waals surface area contributed by atoms with Crippen LogP contribution in [0.15, 0.2) is 30.3 Å². The maximum Gasteiger partial charge on any atom is 0.261 e. The molecule has 2 aromatic rings. The summed E-state index contributed by atoms with van der Waals surface area (Å²) in [4.78, 5) is 14.0. The van der Waals surface area contributed by atoms with Crippen LogP contribution in [0.2, 0.25) is 0 Å². The summed E-state index contributed by atoms with van der Waals surface area (Å²) < 4.78 is 11.4. The minimum Gasteiger partial charge on any atom is -0.486 e. The number of para-hydroxylation sites is 2. The number of amides is 1. The Hall–Kier alpha value is -2.01. The molecule has 1 aliphatic rings. The van der Waals surface area contributed by atoms with Gasteiger partial charge in [0.15, 0.2) is 11.5 Å². The van der Waals surface area contributed by atoms with Gasteiger partial charge < -0.3 is 14.8 Å². The second kappa shape index (κ2) is 5.77. The molecule has 21 heavy (non-hydrogen) atoms. The van der Waals surface area contributed by atoms with Gasteiger partial charge in [-0.15, -0.1) is 11.3 Å². The summed E-state index contributed by atoms with van der Waals surface area (Å²) in [6.45, 7) is 4.91. The Morgan fingerprint density at radius 1 is 1.33 bits per heavy atom. The molecule has 110 valence electrons. The van der Waals surface area contributed by atoms with Crippen LogP contribution in [0.4, 0.5) is 0 Å². The molecule has 0 saturated heterocycles. The van der Waals surface area contributed by atoms with E-state index in [1.807, 2.05) is 44.2 Å². The smallest absolute Gasteiger partial charge is 0.261 e. The molecule has 0 saturated carbocycles. The van der Waals surface area contributed by atoms with Crippen LogP contribution >= 0.6 is 11.3 Å². The number of aryl methyl sites for hydroxylation is 2. The molecule has 0 spiro atoms. The molecule has 1 atom stereocenters. The van der Waals surface area contributed by atoms with Crippen LogP contribution in [0.25, 0.3) is 0 Å². The maximum absolute atomic E-state index is 12.1. The molecule has 0 bridgehead atoms. The lowest BCUT2D eigenvalue weighted by atomic mass is 10.2. The quantitative estimate of drug-likeness (QED) is 0.948. The first-order valence-corrected chi connectivity index (χ1v) is 7.69. The van der Waals surface area contributed by atoms with Crippen LogP contribution in [-0.2, 0) is 0 Å². The van der Waals surface area contributed by atoms with Crippen molar-refractivity contribution in [2.75, 3.05) is 13.2 Å². The first-order chi connectivity index (χ1) is 10.1. The molecule has 1 aromatic heterocycles. The van der Waals surface area contributed by atoms with E-state index in [4.69, 9.17) is 9.47 Å². The molecule has 1 N–H and O–H groups in total. The van der Waals surface area contributed by atoms with Crippen LogP contribution in [0, 0.1) is 13.8 Å². The third-order valence-electron chi connectivity index (χ3n) is 3.45. The average Bonchev–Trinajstić information content (AvgIpc) is 2.84. The van der Waals surface area contributed by atoms with Crippen molar-refractivity contribution in [3.8, 4) is 11.5 Å². The topological polar surface area (TPSA) is 47.6 Å². The number of hydrogen-bond acceptors (Lipinski definition) is 4. The Labute approximate surface area is 127 Å². The number of thiophene rings is 1. The number of rotatable bonds is 3. The number of hydrogen-bond donors (Lipinski definition) is 1. The molecule has 1 aliphatic heterocycles. The molecule has 2 heterocycles. The Morgan fingerprint density at radius 3 is 2.81 bits per heavy atom. The largest absolute Gasteiger partial charge is 0.486 e. The Bertz CT molecular complexity index is 646. The SMILES string of the molecule is Cc1cc(C(=O)NC[C@@H]2COc3ccccc3O2)sc1C. The van der Waals surface area contributed by atoms with Crippen molar-refractivity contribution in [1.82, 2.24) is 5.32 Å². The predicted octanol–water partition coefficient (Wildman–Crippen LogP) is 2.93. The van der Waals surface area contributed by atoms with Crippen molar-refractivity contribution in [1.29, 1.82) is 0 Å². The second-order valence-corrected chi connectivity index (χ2v) is 6.31. The molecule has 3 rings (SSSR count). The van der Waals surface area contributed by atoms with E-state index in [1.54, 1.807) is 0 Å². The van der Waals surface area contributed by atoms with Crippen molar-refractivity contribution in [2.24, 2.45) is 0 Å². The Balaban J connectivity index is 1.58. The van der Waals surface area contributed by atoms with Gasteiger partial charge in [-0.1, -0.05) is 12.1 Å². The van der Waals surface area contributed by atoms with Crippen molar-refractivity contribution in [2.45, 2.75) is 20.0 Å². The minimum absolute atomic E-state index is 0.0568. The highest BCUT2D eigenvalue weighted by molar-refractivity contribution is 7.14. The molecule has 1 aromatic carbocycles. The van der Waals surface area contributed by atoms with Gasteiger partial charge in [-0.25, -0.2) is 0 Å². The minimum atomic E-state index is -0.161. The zero-order valence-electron chi connectivity index (χ0n) is 12.0. The summed E-state index contributed by atoms with van der Waals surface area (Å²) in [5.41, 5.74) is 1.15. The first-order valence-electron chi connectivity index (χ1n) is 6.87. The van der Waals surface area contributed by atoms with Crippen molar-refractivity contribution in [3.63, 3.8) is 0 Å². The predicted molar refractivity (Wildman–Crippen MR) is 82.5 cm³/mol. The molecule has 0 unspecified atom stereocenters. The third kappa shape index (κ3) is 3.03. The van der Waals surface area contributed by atoms with Gasteiger partial charge in [-0.2, -0.15) is 0 Å². The standard InChI is InChI=1S/C16H17NO3S/c1-10-7-15(21-11(10)2)16(18)17-8-12-9-19-13-5-3-4-6-14(13)20-12/h3-7,12H,8-9H2,1-2H3,(H,17,18)/t12-/m1/s1. The summed E-state index contributed by atoms with van der Waals surface area (Å²) in [6, 6.07) is 9.48. The lowest BCUT2D eigenvalue weighted by molar-refractivity contribution is 0.0791. The summed E-state index contributed by atoms with van der Waals surface area (Å²) in [6.07, 6.45) is -0.161. The lowest BCUT2D eigenvalue weighted by Gasteiger charge is -2.26. The highest BCUT2D eigenvalue weighted by Gasteiger charge is 2.21.